The zero-order valence-electron chi connectivity index (χ0n) is 14.9. The van der Waals surface area contributed by atoms with Crippen LogP contribution in [0.4, 0.5) is 5.82 Å². The molecule has 5 aliphatic rings. The zero-order valence-corrected chi connectivity index (χ0v) is 14.9. The van der Waals surface area contributed by atoms with Gasteiger partial charge in [-0.3, -0.25) is 9.78 Å². The highest BCUT2D eigenvalue weighted by Crippen LogP contribution is 2.55. The number of nitrogens with one attached hydrogen (secondary N) is 1. The molecule has 1 N–H and O–H groups in total. The van der Waals surface area contributed by atoms with E-state index in [9.17, 15) is 4.79 Å². The topological polar surface area (TPSA) is 58.1 Å². The molecule has 0 radical (unpaired) electrons. The van der Waals surface area contributed by atoms with Crippen LogP contribution in [0, 0.1) is 23.7 Å². The minimum absolute atomic E-state index is 0.147. The number of hydrogen-bond acceptors (Lipinski definition) is 4. The minimum atomic E-state index is 0.147. The number of piperidine rings is 1. The fourth-order valence-electron chi connectivity index (χ4n) is 6.45. The molecule has 1 saturated heterocycles. The summed E-state index contributed by atoms with van der Waals surface area (Å²) in [6, 6.07) is 0. The number of carbonyl (C=O) groups is 1. The first-order valence-electron chi connectivity index (χ1n) is 10.0. The van der Waals surface area contributed by atoms with Crippen molar-refractivity contribution in [1.29, 1.82) is 0 Å². The Morgan fingerprint density at radius 2 is 1.68 bits per heavy atom. The van der Waals surface area contributed by atoms with E-state index in [0.29, 0.717) is 5.91 Å². The standard InChI is InChI=1S/C20H28N4O/c25-19(17-1-5-24(6-2-17)18-13-21-3-4-22-18)23-20-10-14-7-15(11-20)9-16(8-14)12-20/h3-4,13-17H,1-2,5-12H2,(H,23,25). The average Bonchev–Trinajstić information content (AvgIpc) is 2.61. The molecule has 1 amide bonds. The molecule has 4 saturated carbocycles. The summed E-state index contributed by atoms with van der Waals surface area (Å²) in [6.45, 7) is 1.80. The van der Waals surface area contributed by atoms with Gasteiger partial charge < -0.3 is 10.2 Å². The number of aromatic nitrogens is 2. The summed E-state index contributed by atoms with van der Waals surface area (Å²) in [7, 11) is 0. The van der Waals surface area contributed by atoms with Crippen LogP contribution in [0.15, 0.2) is 18.6 Å². The van der Waals surface area contributed by atoms with Crippen LogP contribution in [0.3, 0.4) is 0 Å². The number of hydrogen-bond donors (Lipinski definition) is 1. The number of rotatable bonds is 3. The summed E-state index contributed by atoms with van der Waals surface area (Å²) in [5.74, 6) is 4.06. The van der Waals surface area contributed by atoms with Gasteiger partial charge in [-0.15, -0.1) is 0 Å². The maximum Gasteiger partial charge on any atom is 0.223 e. The Hall–Kier alpha value is -1.65. The van der Waals surface area contributed by atoms with Crippen LogP contribution in [-0.2, 0) is 4.79 Å². The van der Waals surface area contributed by atoms with Crippen molar-refractivity contribution in [2.75, 3.05) is 18.0 Å². The lowest BCUT2D eigenvalue weighted by molar-refractivity contribution is -0.131. The van der Waals surface area contributed by atoms with Gasteiger partial charge in [0.1, 0.15) is 5.82 Å². The van der Waals surface area contributed by atoms with Crippen molar-refractivity contribution in [3.8, 4) is 0 Å². The Morgan fingerprint density at radius 1 is 1.04 bits per heavy atom. The summed E-state index contributed by atoms with van der Waals surface area (Å²) >= 11 is 0. The second-order valence-corrected chi connectivity index (χ2v) is 9.01. The van der Waals surface area contributed by atoms with E-state index in [1.54, 1.807) is 12.4 Å². The minimum Gasteiger partial charge on any atom is -0.355 e. The van der Waals surface area contributed by atoms with E-state index in [-0.39, 0.29) is 11.5 Å². The molecule has 0 unspecified atom stereocenters. The van der Waals surface area contributed by atoms with E-state index in [0.717, 1.165) is 49.5 Å². The van der Waals surface area contributed by atoms with Gasteiger partial charge in [-0.05, 0) is 69.1 Å². The van der Waals surface area contributed by atoms with E-state index >= 15 is 0 Å². The first-order valence-corrected chi connectivity index (χ1v) is 10.0. The molecule has 1 aromatic heterocycles. The summed E-state index contributed by atoms with van der Waals surface area (Å²) in [6.07, 6.45) is 15.1. The van der Waals surface area contributed by atoms with Gasteiger partial charge >= 0.3 is 0 Å². The molecular formula is C20H28N4O. The van der Waals surface area contributed by atoms with Crippen molar-refractivity contribution in [3.05, 3.63) is 18.6 Å². The predicted octanol–water partition coefficient (Wildman–Crippen LogP) is 2.78. The molecule has 134 valence electrons. The molecule has 1 aliphatic heterocycles. The zero-order chi connectivity index (χ0) is 16.9. The Balaban J connectivity index is 1.20. The summed E-state index contributed by atoms with van der Waals surface area (Å²) in [4.78, 5) is 23.8. The smallest absolute Gasteiger partial charge is 0.223 e. The molecular weight excluding hydrogens is 312 g/mol. The van der Waals surface area contributed by atoms with E-state index < -0.39 is 0 Å². The van der Waals surface area contributed by atoms with Crippen molar-refractivity contribution in [2.45, 2.75) is 56.9 Å². The first kappa shape index (κ1) is 15.6. The molecule has 4 bridgehead atoms. The highest BCUT2D eigenvalue weighted by Gasteiger charge is 2.51. The Kier molecular flexibility index (Phi) is 3.72. The lowest BCUT2D eigenvalue weighted by atomic mass is 9.53. The fraction of sp³-hybridized carbons (Fsp3) is 0.750. The van der Waals surface area contributed by atoms with Crippen LogP contribution in [0.2, 0.25) is 0 Å². The van der Waals surface area contributed by atoms with Gasteiger partial charge in [0, 0.05) is 36.9 Å². The molecule has 25 heavy (non-hydrogen) atoms. The maximum atomic E-state index is 13.0. The normalized spacial score (nSPS) is 37.3. The van der Waals surface area contributed by atoms with Crippen molar-refractivity contribution < 1.29 is 4.79 Å². The predicted molar refractivity (Wildman–Crippen MR) is 96.0 cm³/mol. The molecule has 5 fully saturated rings. The molecule has 0 spiro atoms. The van der Waals surface area contributed by atoms with Gasteiger partial charge in [0.25, 0.3) is 0 Å². The van der Waals surface area contributed by atoms with Crippen LogP contribution in [0.1, 0.15) is 51.4 Å². The third kappa shape index (κ3) is 2.91. The second-order valence-electron chi connectivity index (χ2n) is 9.01. The van der Waals surface area contributed by atoms with Crippen molar-refractivity contribution in [2.24, 2.45) is 23.7 Å². The molecule has 1 aromatic rings. The number of anilines is 1. The SMILES string of the molecule is O=C(NC12CC3CC(CC(C3)C1)C2)C1CCN(c2cnccn2)CC1. The van der Waals surface area contributed by atoms with Crippen LogP contribution < -0.4 is 10.2 Å². The molecule has 0 aromatic carbocycles. The summed E-state index contributed by atoms with van der Waals surface area (Å²) < 4.78 is 0. The fourth-order valence-corrected chi connectivity index (χ4v) is 6.45. The Labute approximate surface area is 149 Å². The van der Waals surface area contributed by atoms with Crippen LogP contribution >= 0.6 is 0 Å². The van der Waals surface area contributed by atoms with Gasteiger partial charge in [-0.1, -0.05) is 0 Å². The van der Waals surface area contributed by atoms with Crippen molar-refractivity contribution >= 4 is 11.7 Å². The second kappa shape index (κ2) is 5.96. The highest BCUT2D eigenvalue weighted by molar-refractivity contribution is 5.80. The van der Waals surface area contributed by atoms with Crippen LogP contribution in [0.25, 0.3) is 0 Å². The van der Waals surface area contributed by atoms with E-state index in [1.807, 2.05) is 6.20 Å². The monoisotopic (exact) mass is 340 g/mol. The Bertz CT molecular complexity index is 603. The lowest BCUT2D eigenvalue weighted by Crippen LogP contribution is -2.61. The third-order valence-electron chi connectivity index (χ3n) is 7.17. The molecule has 5 heteroatoms. The number of carbonyl (C=O) groups excluding carboxylic acids is 1. The van der Waals surface area contributed by atoms with Crippen molar-refractivity contribution in [1.82, 2.24) is 15.3 Å². The van der Waals surface area contributed by atoms with Crippen molar-refractivity contribution in [3.63, 3.8) is 0 Å². The third-order valence-corrected chi connectivity index (χ3v) is 7.17. The Morgan fingerprint density at radius 3 is 2.24 bits per heavy atom. The highest BCUT2D eigenvalue weighted by atomic mass is 16.2. The van der Waals surface area contributed by atoms with Gasteiger partial charge in [-0.25, -0.2) is 4.98 Å². The van der Waals surface area contributed by atoms with Crippen LogP contribution in [-0.4, -0.2) is 34.5 Å². The average molecular weight is 340 g/mol. The van der Waals surface area contributed by atoms with Gasteiger partial charge in [0.05, 0.1) is 6.20 Å². The number of amides is 1. The van der Waals surface area contributed by atoms with E-state index in [4.69, 9.17) is 0 Å². The quantitative estimate of drug-likeness (QED) is 0.919. The largest absolute Gasteiger partial charge is 0.355 e. The van der Waals surface area contributed by atoms with E-state index in [1.165, 1.54) is 38.5 Å². The first-order chi connectivity index (χ1) is 12.2. The van der Waals surface area contributed by atoms with Gasteiger partial charge in [-0.2, -0.15) is 0 Å². The molecule has 6 rings (SSSR count). The van der Waals surface area contributed by atoms with Gasteiger partial charge in [0.15, 0.2) is 0 Å². The molecule has 5 nitrogen and oxygen atoms in total. The van der Waals surface area contributed by atoms with E-state index in [2.05, 4.69) is 20.2 Å². The molecule has 0 atom stereocenters. The molecule has 2 heterocycles. The van der Waals surface area contributed by atoms with Crippen LogP contribution in [0.5, 0.6) is 0 Å². The lowest BCUT2D eigenvalue weighted by Gasteiger charge is -2.57. The number of nitrogens with zero attached hydrogens (tertiary/aromatic N) is 3. The van der Waals surface area contributed by atoms with Gasteiger partial charge in [0.2, 0.25) is 5.91 Å². The maximum absolute atomic E-state index is 13.0. The molecule has 4 aliphatic carbocycles. The summed E-state index contributed by atoms with van der Waals surface area (Å²) in [5.41, 5.74) is 0.147. The summed E-state index contributed by atoms with van der Waals surface area (Å²) in [5, 5.41) is 3.56.